The summed E-state index contributed by atoms with van der Waals surface area (Å²) in [6.45, 7) is 1.84. The van der Waals surface area contributed by atoms with E-state index in [1.54, 1.807) is 30.5 Å². The summed E-state index contributed by atoms with van der Waals surface area (Å²) in [4.78, 5) is 27.5. The Balaban J connectivity index is 1.55. The molecule has 0 fully saturated rings. The zero-order chi connectivity index (χ0) is 17.4. The van der Waals surface area contributed by atoms with E-state index in [0.717, 1.165) is 27.7 Å². The van der Waals surface area contributed by atoms with E-state index in [0.29, 0.717) is 11.1 Å². The van der Waals surface area contributed by atoms with Crippen molar-refractivity contribution in [2.24, 2.45) is 0 Å². The molecule has 0 spiro atoms. The largest absolute Gasteiger partial charge is 0.358 e. The van der Waals surface area contributed by atoms with Gasteiger partial charge in [-0.05, 0) is 36.8 Å². The van der Waals surface area contributed by atoms with E-state index in [-0.39, 0.29) is 17.8 Å². The van der Waals surface area contributed by atoms with Crippen LogP contribution in [0.25, 0.3) is 21.8 Å². The van der Waals surface area contributed by atoms with Gasteiger partial charge in [-0.1, -0.05) is 12.1 Å². The highest BCUT2D eigenvalue weighted by molar-refractivity contribution is 5.95. The summed E-state index contributed by atoms with van der Waals surface area (Å²) in [5.74, 6) is -0.137. The van der Waals surface area contributed by atoms with Crippen LogP contribution in [0.2, 0.25) is 0 Å². The summed E-state index contributed by atoms with van der Waals surface area (Å²) >= 11 is 0. The Labute approximate surface area is 142 Å². The minimum atomic E-state index is -0.137. The van der Waals surface area contributed by atoms with Crippen LogP contribution >= 0.6 is 0 Å². The molecule has 2 aromatic carbocycles. The second-order valence-corrected chi connectivity index (χ2v) is 6.09. The zero-order valence-electron chi connectivity index (χ0n) is 13.6. The average Bonchev–Trinajstić information content (AvgIpc) is 3.03. The molecule has 0 radical (unpaired) electrons. The summed E-state index contributed by atoms with van der Waals surface area (Å²) in [7, 11) is 0. The Morgan fingerprint density at radius 3 is 2.88 bits per heavy atom. The highest BCUT2D eigenvalue weighted by Crippen LogP contribution is 2.17. The molecule has 25 heavy (non-hydrogen) atoms. The predicted molar refractivity (Wildman–Crippen MR) is 97.7 cm³/mol. The van der Waals surface area contributed by atoms with Crippen molar-refractivity contribution in [2.75, 3.05) is 5.32 Å². The summed E-state index contributed by atoms with van der Waals surface area (Å²) in [5, 5.41) is 11.3. The van der Waals surface area contributed by atoms with Crippen molar-refractivity contribution in [2.45, 2.75) is 13.3 Å². The third-order valence-electron chi connectivity index (χ3n) is 4.12. The first kappa shape index (κ1) is 15.1. The smallest absolute Gasteiger partial charge is 0.228 e. The molecule has 0 unspecified atom stereocenters. The Kier molecular flexibility index (Phi) is 3.57. The average molecular weight is 332 g/mol. The van der Waals surface area contributed by atoms with E-state index in [1.165, 1.54) is 0 Å². The molecule has 0 aliphatic carbocycles. The van der Waals surface area contributed by atoms with Gasteiger partial charge in [-0.2, -0.15) is 5.10 Å². The number of nitrogens with zero attached hydrogens (tertiary/aromatic N) is 1. The summed E-state index contributed by atoms with van der Waals surface area (Å²) in [5.41, 5.74) is 3.90. The van der Waals surface area contributed by atoms with Gasteiger partial charge in [0.15, 0.2) is 5.43 Å². The van der Waals surface area contributed by atoms with Crippen LogP contribution in [0.3, 0.4) is 0 Å². The van der Waals surface area contributed by atoms with Crippen molar-refractivity contribution in [1.82, 2.24) is 15.2 Å². The molecule has 6 nitrogen and oxygen atoms in total. The molecule has 1 amide bonds. The molecular formula is C19H16N4O2. The molecular weight excluding hydrogens is 316 g/mol. The molecule has 0 aliphatic rings. The lowest BCUT2D eigenvalue weighted by Crippen LogP contribution is -2.14. The Bertz CT molecular complexity index is 1160. The zero-order valence-corrected chi connectivity index (χ0v) is 13.6. The van der Waals surface area contributed by atoms with Gasteiger partial charge in [-0.25, -0.2) is 0 Å². The highest BCUT2D eigenvalue weighted by Gasteiger charge is 2.07. The number of benzene rings is 2. The number of aromatic amines is 2. The van der Waals surface area contributed by atoms with Crippen LogP contribution in [0.5, 0.6) is 0 Å². The standard InChI is InChI=1S/C19H16N4O2/c1-11-6-18(24)15-9-14(4-5-16(15)21-11)22-19(25)8-12-2-3-13-10-20-23-17(13)7-12/h2-7,9-10H,8H2,1H3,(H,20,23)(H,21,24)(H,22,25). The monoisotopic (exact) mass is 332 g/mol. The maximum atomic E-state index is 12.3. The third kappa shape index (κ3) is 3.01. The number of hydrogen-bond acceptors (Lipinski definition) is 3. The summed E-state index contributed by atoms with van der Waals surface area (Å²) in [6.07, 6.45) is 1.99. The van der Waals surface area contributed by atoms with E-state index in [1.807, 2.05) is 25.1 Å². The van der Waals surface area contributed by atoms with Crippen LogP contribution in [0, 0.1) is 6.92 Å². The quantitative estimate of drug-likeness (QED) is 0.539. The summed E-state index contributed by atoms with van der Waals surface area (Å²) in [6, 6.07) is 12.6. The van der Waals surface area contributed by atoms with Crippen LogP contribution in [-0.4, -0.2) is 21.1 Å². The van der Waals surface area contributed by atoms with Gasteiger partial charge in [0.1, 0.15) is 0 Å². The number of aromatic nitrogens is 3. The molecule has 2 aromatic heterocycles. The van der Waals surface area contributed by atoms with Crippen molar-refractivity contribution in [3.8, 4) is 0 Å². The maximum absolute atomic E-state index is 12.3. The Morgan fingerprint density at radius 2 is 2.00 bits per heavy atom. The fraction of sp³-hybridized carbons (Fsp3) is 0.105. The number of amides is 1. The number of carbonyl (C=O) groups is 1. The van der Waals surface area contributed by atoms with E-state index >= 15 is 0 Å². The normalized spacial score (nSPS) is 11.1. The summed E-state index contributed by atoms with van der Waals surface area (Å²) < 4.78 is 0. The number of H-pyrrole nitrogens is 2. The third-order valence-corrected chi connectivity index (χ3v) is 4.12. The number of rotatable bonds is 3. The molecule has 124 valence electrons. The lowest BCUT2D eigenvalue weighted by molar-refractivity contribution is -0.115. The van der Waals surface area contributed by atoms with E-state index < -0.39 is 0 Å². The number of pyridine rings is 1. The number of nitrogens with one attached hydrogen (secondary N) is 3. The fourth-order valence-corrected chi connectivity index (χ4v) is 2.94. The number of anilines is 1. The molecule has 0 aliphatic heterocycles. The maximum Gasteiger partial charge on any atom is 0.228 e. The Hall–Kier alpha value is -3.41. The molecule has 4 rings (SSSR count). The SMILES string of the molecule is Cc1cc(=O)c2cc(NC(=O)Cc3ccc4cn[nH]c4c3)ccc2[nH]1. The van der Waals surface area contributed by atoms with Crippen LogP contribution in [0.1, 0.15) is 11.3 Å². The molecule has 0 saturated heterocycles. The number of fused-ring (bicyclic) bond motifs is 2. The van der Waals surface area contributed by atoms with Gasteiger partial charge in [-0.15, -0.1) is 0 Å². The van der Waals surface area contributed by atoms with E-state index in [9.17, 15) is 9.59 Å². The molecule has 6 heteroatoms. The minimum absolute atomic E-state index is 0.0629. The van der Waals surface area contributed by atoms with Crippen LogP contribution in [0.4, 0.5) is 5.69 Å². The van der Waals surface area contributed by atoms with Crippen LogP contribution in [-0.2, 0) is 11.2 Å². The van der Waals surface area contributed by atoms with Gasteiger partial charge in [0.25, 0.3) is 0 Å². The predicted octanol–water partition coefficient (Wildman–Crippen LogP) is 2.89. The van der Waals surface area contributed by atoms with Crippen molar-refractivity contribution >= 4 is 33.4 Å². The van der Waals surface area contributed by atoms with Gasteiger partial charge in [-0.3, -0.25) is 14.7 Å². The fourth-order valence-electron chi connectivity index (χ4n) is 2.94. The van der Waals surface area contributed by atoms with Gasteiger partial charge < -0.3 is 10.3 Å². The highest BCUT2D eigenvalue weighted by atomic mass is 16.1. The van der Waals surface area contributed by atoms with Crippen LogP contribution < -0.4 is 10.7 Å². The molecule has 0 saturated carbocycles. The number of aryl methyl sites for hydroxylation is 1. The van der Waals surface area contributed by atoms with Crippen molar-refractivity contribution in [1.29, 1.82) is 0 Å². The molecule has 3 N–H and O–H groups in total. The van der Waals surface area contributed by atoms with Gasteiger partial charge >= 0.3 is 0 Å². The van der Waals surface area contributed by atoms with Gasteiger partial charge in [0.05, 0.1) is 18.1 Å². The van der Waals surface area contributed by atoms with Gasteiger partial charge in [0, 0.05) is 33.7 Å². The molecule has 2 heterocycles. The van der Waals surface area contributed by atoms with Crippen LogP contribution in [0.15, 0.2) is 53.5 Å². The second kappa shape index (κ2) is 5.90. The molecule has 0 atom stereocenters. The topological polar surface area (TPSA) is 90.6 Å². The van der Waals surface area contributed by atoms with Crippen molar-refractivity contribution in [3.05, 3.63) is 70.1 Å². The van der Waals surface area contributed by atoms with Crippen molar-refractivity contribution in [3.63, 3.8) is 0 Å². The minimum Gasteiger partial charge on any atom is -0.358 e. The van der Waals surface area contributed by atoms with Crippen molar-refractivity contribution < 1.29 is 4.79 Å². The first-order valence-corrected chi connectivity index (χ1v) is 7.94. The molecule has 4 aromatic rings. The first-order valence-electron chi connectivity index (χ1n) is 7.94. The lowest BCUT2D eigenvalue weighted by atomic mass is 10.1. The second-order valence-electron chi connectivity index (χ2n) is 6.09. The Morgan fingerprint density at radius 1 is 1.12 bits per heavy atom. The van der Waals surface area contributed by atoms with E-state index in [4.69, 9.17) is 0 Å². The van der Waals surface area contributed by atoms with Gasteiger partial charge in [0.2, 0.25) is 5.91 Å². The van der Waals surface area contributed by atoms with E-state index in [2.05, 4.69) is 20.5 Å². The molecule has 0 bridgehead atoms. The lowest BCUT2D eigenvalue weighted by Gasteiger charge is -2.07. The number of carbonyl (C=O) groups excluding carboxylic acids is 1. The first-order chi connectivity index (χ1) is 12.1. The number of hydrogen-bond donors (Lipinski definition) is 3.